The van der Waals surface area contributed by atoms with Crippen LogP contribution in [0.3, 0.4) is 0 Å². The Morgan fingerprint density at radius 2 is 1.65 bits per heavy atom. The number of carbonyl (C=O) groups is 1. The van der Waals surface area contributed by atoms with E-state index in [0.717, 1.165) is 12.5 Å². The summed E-state index contributed by atoms with van der Waals surface area (Å²) in [6.45, 7) is 7.96. The van der Waals surface area contributed by atoms with E-state index >= 15 is 0 Å². The van der Waals surface area contributed by atoms with Gasteiger partial charge >= 0.3 is 0 Å². The summed E-state index contributed by atoms with van der Waals surface area (Å²) in [5.41, 5.74) is 4.32. The molecular formula is C21H36N2O6S2. The fourth-order valence-electron chi connectivity index (χ4n) is 3.13. The highest BCUT2D eigenvalue weighted by molar-refractivity contribution is 7.85. The van der Waals surface area contributed by atoms with E-state index in [4.69, 9.17) is 10.3 Å². The molecule has 0 saturated heterocycles. The number of primary amides is 1. The van der Waals surface area contributed by atoms with E-state index in [9.17, 15) is 23.1 Å². The second kappa shape index (κ2) is 12.4. The van der Waals surface area contributed by atoms with Crippen molar-refractivity contribution >= 4 is 27.5 Å². The first kappa shape index (κ1) is 27.4. The van der Waals surface area contributed by atoms with Crippen molar-refractivity contribution in [2.75, 3.05) is 23.0 Å². The number of aliphatic hydroxyl groups is 1. The van der Waals surface area contributed by atoms with Crippen LogP contribution in [0.15, 0.2) is 27.2 Å². The Bertz CT molecular complexity index is 854. The molecule has 1 aromatic heterocycles. The number of aliphatic hydroxyl groups excluding tert-OH is 1. The minimum absolute atomic E-state index is 0.0692. The third-order valence-corrected chi connectivity index (χ3v) is 7.76. The van der Waals surface area contributed by atoms with Gasteiger partial charge in [-0.3, -0.25) is 18.0 Å². The first-order valence-electron chi connectivity index (χ1n) is 10.3. The molecule has 0 aliphatic carbocycles. The fourth-order valence-corrected chi connectivity index (χ4v) is 6.21. The van der Waals surface area contributed by atoms with Gasteiger partial charge in [0.15, 0.2) is 0 Å². The largest absolute Gasteiger partial charge is 0.512 e. The van der Waals surface area contributed by atoms with Crippen molar-refractivity contribution in [3.63, 3.8) is 0 Å². The van der Waals surface area contributed by atoms with Crippen LogP contribution in [0.1, 0.15) is 59.1 Å². The maximum atomic E-state index is 12.3. The number of hydrogen-bond acceptors (Lipinski definition) is 6. The molecule has 2 atom stereocenters. The molecule has 31 heavy (non-hydrogen) atoms. The first-order valence-corrected chi connectivity index (χ1v) is 13.3. The van der Waals surface area contributed by atoms with Crippen LogP contribution in [0.4, 0.5) is 0 Å². The van der Waals surface area contributed by atoms with Crippen molar-refractivity contribution in [2.45, 2.75) is 59.8 Å². The van der Waals surface area contributed by atoms with Gasteiger partial charge in [0, 0.05) is 69.6 Å². The first-order chi connectivity index (χ1) is 14.3. The highest BCUT2D eigenvalue weighted by Crippen LogP contribution is 2.28. The van der Waals surface area contributed by atoms with E-state index in [1.54, 1.807) is 0 Å². The average Bonchev–Trinajstić information content (AvgIpc) is 3.01. The molecule has 8 nitrogen and oxygen atoms in total. The minimum Gasteiger partial charge on any atom is -0.512 e. The zero-order valence-corrected chi connectivity index (χ0v) is 20.5. The SMILES string of the molecule is CC(C)(CCS(=O)CCCS(=O)CCC(C)(C)Cc1cc(=O)[nH]o1)C/C(O)=C/C(N)=O. The predicted molar refractivity (Wildman–Crippen MR) is 125 cm³/mol. The number of aromatic amines is 1. The number of nitrogens with one attached hydrogen (secondary N) is 1. The van der Waals surface area contributed by atoms with Crippen LogP contribution in [0, 0.1) is 10.8 Å². The van der Waals surface area contributed by atoms with E-state index in [-0.39, 0.29) is 22.1 Å². The monoisotopic (exact) mass is 476 g/mol. The lowest BCUT2D eigenvalue weighted by molar-refractivity contribution is -0.113. The van der Waals surface area contributed by atoms with Crippen LogP contribution in [0.5, 0.6) is 0 Å². The summed E-state index contributed by atoms with van der Waals surface area (Å²) in [6.07, 6.45) is 3.87. The Morgan fingerprint density at radius 1 is 1.10 bits per heavy atom. The fraction of sp³-hybridized carbons (Fsp3) is 0.714. The summed E-state index contributed by atoms with van der Waals surface area (Å²) < 4.78 is 29.7. The highest BCUT2D eigenvalue weighted by Gasteiger charge is 2.23. The molecule has 0 radical (unpaired) electrons. The van der Waals surface area contributed by atoms with Crippen molar-refractivity contribution < 1.29 is 22.8 Å². The number of hydrogen-bond donors (Lipinski definition) is 3. The second-order valence-corrected chi connectivity index (χ2v) is 12.8. The van der Waals surface area contributed by atoms with E-state index in [1.807, 2.05) is 27.7 Å². The number of nitrogens with two attached hydrogens (primary N) is 1. The van der Waals surface area contributed by atoms with Crippen molar-refractivity contribution in [3.05, 3.63) is 34.0 Å². The molecular weight excluding hydrogens is 440 g/mol. The third kappa shape index (κ3) is 12.7. The number of H-pyrrole nitrogens is 1. The van der Waals surface area contributed by atoms with E-state index in [1.165, 1.54) is 6.07 Å². The standard InChI is InChI=1S/C21H36N2O6S2/c1-20(2,14-16(24)12-18(22)25)6-10-30(27)8-5-9-31(28)11-7-21(3,4)15-17-13-19(26)23-29-17/h12-13,24H,5-11,14-15H2,1-4H3,(H2,22,25)(H,23,26)/b16-12-. The number of aromatic nitrogens is 1. The van der Waals surface area contributed by atoms with E-state index < -0.39 is 27.5 Å². The molecule has 0 bridgehead atoms. The van der Waals surface area contributed by atoms with Gasteiger partial charge in [-0.1, -0.05) is 27.7 Å². The van der Waals surface area contributed by atoms with Gasteiger partial charge in [0.25, 0.3) is 5.56 Å². The van der Waals surface area contributed by atoms with Gasteiger partial charge in [-0.25, -0.2) is 0 Å². The normalized spacial score (nSPS) is 15.0. The number of amides is 1. The average molecular weight is 477 g/mol. The molecule has 0 saturated carbocycles. The lowest BCUT2D eigenvalue weighted by atomic mass is 9.85. The molecule has 2 unspecified atom stereocenters. The molecule has 1 amide bonds. The summed E-state index contributed by atoms with van der Waals surface area (Å²) in [7, 11) is -2.02. The Hall–Kier alpha value is -1.68. The van der Waals surface area contributed by atoms with Crippen LogP contribution < -0.4 is 11.3 Å². The summed E-state index contributed by atoms with van der Waals surface area (Å²) in [6, 6.07) is 1.44. The van der Waals surface area contributed by atoms with Crippen LogP contribution in [0.25, 0.3) is 0 Å². The Morgan fingerprint density at radius 3 is 2.13 bits per heavy atom. The maximum absolute atomic E-state index is 12.3. The molecule has 4 N–H and O–H groups in total. The molecule has 178 valence electrons. The van der Waals surface area contributed by atoms with Crippen molar-refractivity contribution in [1.82, 2.24) is 5.16 Å². The molecule has 0 aromatic carbocycles. The zero-order valence-electron chi connectivity index (χ0n) is 18.9. The van der Waals surface area contributed by atoms with Crippen molar-refractivity contribution in [2.24, 2.45) is 16.6 Å². The van der Waals surface area contributed by atoms with Crippen molar-refractivity contribution in [1.29, 1.82) is 0 Å². The van der Waals surface area contributed by atoms with Gasteiger partial charge in [-0.15, -0.1) is 0 Å². The number of carbonyl (C=O) groups excluding carboxylic acids is 1. The van der Waals surface area contributed by atoms with Crippen LogP contribution in [-0.4, -0.2) is 47.6 Å². The van der Waals surface area contributed by atoms with E-state index in [2.05, 4.69) is 5.16 Å². The molecule has 0 fully saturated rings. The topological polar surface area (TPSA) is 143 Å². The zero-order chi connectivity index (χ0) is 23.7. The Balaban J connectivity index is 2.28. The number of rotatable bonds is 15. The molecule has 1 rings (SSSR count). The van der Waals surface area contributed by atoms with Gasteiger partial charge < -0.3 is 15.4 Å². The van der Waals surface area contributed by atoms with Gasteiger partial charge in [-0.05, 0) is 30.1 Å². The van der Waals surface area contributed by atoms with Crippen LogP contribution >= 0.6 is 0 Å². The molecule has 0 aliphatic rings. The smallest absolute Gasteiger partial charge is 0.280 e. The Kier molecular flexibility index (Phi) is 10.9. The highest BCUT2D eigenvalue weighted by atomic mass is 32.2. The lowest BCUT2D eigenvalue weighted by Crippen LogP contribution is -2.20. The summed E-state index contributed by atoms with van der Waals surface area (Å²) in [4.78, 5) is 22.0. The van der Waals surface area contributed by atoms with Gasteiger partial charge in [0.1, 0.15) is 5.76 Å². The summed E-state index contributed by atoms with van der Waals surface area (Å²) in [5.74, 6) is 1.86. The van der Waals surface area contributed by atoms with Crippen LogP contribution in [-0.2, 0) is 32.8 Å². The molecule has 1 heterocycles. The van der Waals surface area contributed by atoms with E-state index in [0.29, 0.717) is 54.5 Å². The molecule has 0 aliphatic heterocycles. The van der Waals surface area contributed by atoms with Gasteiger partial charge in [0.2, 0.25) is 5.91 Å². The number of allylic oxidation sites excluding steroid dienone is 1. The molecule has 10 heteroatoms. The summed E-state index contributed by atoms with van der Waals surface area (Å²) in [5, 5.41) is 12.0. The maximum Gasteiger partial charge on any atom is 0.280 e. The van der Waals surface area contributed by atoms with Gasteiger partial charge in [-0.2, -0.15) is 5.16 Å². The molecule has 0 spiro atoms. The van der Waals surface area contributed by atoms with Crippen LogP contribution in [0.2, 0.25) is 0 Å². The minimum atomic E-state index is -1.03. The van der Waals surface area contributed by atoms with Crippen molar-refractivity contribution in [3.8, 4) is 0 Å². The third-order valence-electron chi connectivity index (χ3n) is 4.95. The predicted octanol–water partition coefficient (Wildman–Crippen LogP) is 2.55. The quantitative estimate of drug-likeness (QED) is 0.262. The lowest BCUT2D eigenvalue weighted by Gasteiger charge is -2.23. The Labute approximate surface area is 188 Å². The summed E-state index contributed by atoms with van der Waals surface area (Å²) >= 11 is 0. The molecule has 1 aromatic rings. The van der Waals surface area contributed by atoms with Gasteiger partial charge in [0.05, 0.1) is 5.76 Å². The second-order valence-electron chi connectivity index (χ2n) is 9.45.